The van der Waals surface area contributed by atoms with Gasteiger partial charge in [0.1, 0.15) is 12.1 Å². The molecule has 0 N–H and O–H groups in total. The second-order valence-electron chi connectivity index (χ2n) is 7.39. The number of rotatable bonds is 4. The molecule has 0 bridgehead atoms. The van der Waals surface area contributed by atoms with Crippen LogP contribution in [0.4, 0.5) is 4.79 Å². The standard InChI is InChI=1S/C22H22N2O5/c1-28-20(26)18-9-7-17(8-10-18)19(25)23-11-12-24-21(27)29-15-22(24,14-23)13-16-5-3-2-4-6-16/h2-10H,11-15H2,1H3. The number of methoxy groups -OCH3 is 1. The number of hydrogen-bond acceptors (Lipinski definition) is 5. The molecule has 2 aliphatic heterocycles. The fourth-order valence-electron chi connectivity index (χ4n) is 4.06. The Balaban J connectivity index is 1.55. The minimum Gasteiger partial charge on any atom is -0.465 e. The van der Waals surface area contributed by atoms with Gasteiger partial charge in [-0.1, -0.05) is 30.3 Å². The third-order valence-electron chi connectivity index (χ3n) is 5.55. The smallest absolute Gasteiger partial charge is 0.410 e. The molecule has 0 spiro atoms. The number of cyclic esters (lactones) is 1. The molecule has 0 aliphatic carbocycles. The molecule has 2 heterocycles. The number of benzene rings is 2. The normalized spacial score (nSPS) is 20.8. The number of hydrogen-bond donors (Lipinski definition) is 0. The summed E-state index contributed by atoms with van der Waals surface area (Å²) in [5.41, 5.74) is 1.40. The van der Waals surface area contributed by atoms with Crippen molar-refractivity contribution in [2.45, 2.75) is 12.0 Å². The van der Waals surface area contributed by atoms with Gasteiger partial charge in [-0.15, -0.1) is 0 Å². The third-order valence-corrected chi connectivity index (χ3v) is 5.55. The largest absolute Gasteiger partial charge is 0.465 e. The van der Waals surface area contributed by atoms with Gasteiger partial charge in [0.15, 0.2) is 0 Å². The molecule has 7 nitrogen and oxygen atoms in total. The van der Waals surface area contributed by atoms with Crippen LogP contribution in [-0.4, -0.2) is 66.7 Å². The van der Waals surface area contributed by atoms with E-state index < -0.39 is 11.5 Å². The molecule has 2 aliphatic rings. The first kappa shape index (κ1) is 19.0. The highest BCUT2D eigenvalue weighted by Gasteiger charge is 2.51. The number of carbonyl (C=O) groups excluding carboxylic acids is 3. The Morgan fingerprint density at radius 3 is 2.41 bits per heavy atom. The number of nitrogens with zero attached hydrogens (tertiary/aromatic N) is 2. The van der Waals surface area contributed by atoms with Crippen LogP contribution >= 0.6 is 0 Å². The van der Waals surface area contributed by atoms with Crippen molar-refractivity contribution in [1.82, 2.24) is 9.80 Å². The monoisotopic (exact) mass is 394 g/mol. The summed E-state index contributed by atoms with van der Waals surface area (Å²) in [4.78, 5) is 40.4. The van der Waals surface area contributed by atoms with Gasteiger partial charge in [-0.25, -0.2) is 9.59 Å². The van der Waals surface area contributed by atoms with E-state index in [1.807, 2.05) is 30.3 Å². The van der Waals surface area contributed by atoms with Crippen molar-refractivity contribution in [3.8, 4) is 0 Å². The molecule has 2 aromatic rings. The number of amides is 2. The Bertz CT molecular complexity index is 928. The molecule has 0 saturated carbocycles. The van der Waals surface area contributed by atoms with Crippen LogP contribution in [0.1, 0.15) is 26.3 Å². The molecular formula is C22H22N2O5. The lowest BCUT2D eigenvalue weighted by atomic mass is 9.88. The van der Waals surface area contributed by atoms with Crippen molar-refractivity contribution in [1.29, 1.82) is 0 Å². The first-order valence-electron chi connectivity index (χ1n) is 9.48. The second-order valence-corrected chi connectivity index (χ2v) is 7.39. The fraction of sp³-hybridized carbons (Fsp3) is 0.318. The lowest BCUT2D eigenvalue weighted by molar-refractivity contribution is 0.0375. The summed E-state index contributed by atoms with van der Waals surface area (Å²) in [5, 5.41) is 0. The minimum absolute atomic E-state index is 0.132. The highest BCUT2D eigenvalue weighted by Crippen LogP contribution is 2.33. The third kappa shape index (κ3) is 3.55. The van der Waals surface area contributed by atoms with E-state index in [2.05, 4.69) is 0 Å². The molecular weight excluding hydrogens is 372 g/mol. The van der Waals surface area contributed by atoms with Gasteiger partial charge in [-0.2, -0.15) is 0 Å². The zero-order valence-corrected chi connectivity index (χ0v) is 16.2. The molecule has 150 valence electrons. The van der Waals surface area contributed by atoms with Crippen LogP contribution in [0, 0.1) is 0 Å². The van der Waals surface area contributed by atoms with Crippen LogP contribution in [0.3, 0.4) is 0 Å². The maximum Gasteiger partial charge on any atom is 0.410 e. The van der Waals surface area contributed by atoms with Crippen molar-refractivity contribution in [3.05, 3.63) is 71.3 Å². The van der Waals surface area contributed by atoms with Gasteiger partial charge in [-0.05, 0) is 29.8 Å². The Morgan fingerprint density at radius 1 is 1.03 bits per heavy atom. The Morgan fingerprint density at radius 2 is 1.72 bits per heavy atom. The SMILES string of the molecule is COC(=O)c1ccc(C(=O)N2CCN3C(=O)OCC3(Cc3ccccc3)C2)cc1. The van der Waals surface area contributed by atoms with Crippen LogP contribution in [0.2, 0.25) is 0 Å². The molecule has 2 amide bonds. The predicted octanol–water partition coefficient (Wildman–Crippen LogP) is 2.36. The van der Waals surface area contributed by atoms with Gasteiger partial charge in [0.2, 0.25) is 0 Å². The molecule has 1 atom stereocenters. The maximum atomic E-state index is 13.1. The molecule has 2 fully saturated rings. The van der Waals surface area contributed by atoms with Crippen molar-refractivity contribution in [2.24, 2.45) is 0 Å². The average Bonchev–Trinajstić information content (AvgIpc) is 3.09. The van der Waals surface area contributed by atoms with Gasteiger partial charge in [-0.3, -0.25) is 9.69 Å². The van der Waals surface area contributed by atoms with Gasteiger partial charge >= 0.3 is 12.1 Å². The van der Waals surface area contributed by atoms with E-state index in [1.165, 1.54) is 7.11 Å². The Labute approximate surface area is 168 Å². The van der Waals surface area contributed by atoms with E-state index in [0.717, 1.165) is 5.56 Å². The van der Waals surface area contributed by atoms with Gasteiger partial charge in [0.05, 0.1) is 12.7 Å². The van der Waals surface area contributed by atoms with Crippen LogP contribution in [0.5, 0.6) is 0 Å². The molecule has 0 aromatic heterocycles. The van der Waals surface area contributed by atoms with Crippen LogP contribution < -0.4 is 0 Å². The zero-order valence-electron chi connectivity index (χ0n) is 16.2. The highest BCUT2D eigenvalue weighted by molar-refractivity contribution is 5.96. The van der Waals surface area contributed by atoms with Crippen molar-refractivity contribution < 1.29 is 23.9 Å². The summed E-state index contributed by atoms with van der Waals surface area (Å²) < 4.78 is 10.1. The Kier molecular flexibility index (Phi) is 4.96. The van der Waals surface area contributed by atoms with Crippen molar-refractivity contribution >= 4 is 18.0 Å². The van der Waals surface area contributed by atoms with Gasteiger partial charge < -0.3 is 14.4 Å². The number of piperazine rings is 1. The molecule has 0 radical (unpaired) electrons. The zero-order chi connectivity index (χ0) is 20.4. The maximum absolute atomic E-state index is 13.1. The molecule has 2 aromatic carbocycles. The second kappa shape index (κ2) is 7.58. The first-order chi connectivity index (χ1) is 14.0. The summed E-state index contributed by atoms with van der Waals surface area (Å²) in [7, 11) is 1.32. The highest BCUT2D eigenvalue weighted by atomic mass is 16.6. The quantitative estimate of drug-likeness (QED) is 0.744. The van der Waals surface area contributed by atoms with E-state index in [9.17, 15) is 14.4 Å². The minimum atomic E-state index is -0.571. The van der Waals surface area contributed by atoms with E-state index >= 15 is 0 Å². The lowest BCUT2D eigenvalue weighted by Crippen LogP contribution is -2.63. The van der Waals surface area contributed by atoms with E-state index in [1.54, 1.807) is 34.1 Å². The summed E-state index contributed by atoms with van der Waals surface area (Å²) in [6.45, 7) is 1.51. The van der Waals surface area contributed by atoms with Crippen LogP contribution in [0.25, 0.3) is 0 Å². The summed E-state index contributed by atoms with van der Waals surface area (Å²) in [5.74, 6) is -0.575. The summed E-state index contributed by atoms with van der Waals surface area (Å²) in [6, 6.07) is 16.3. The van der Waals surface area contributed by atoms with Gasteiger partial charge in [0, 0.05) is 31.6 Å². The number of ether oxygens (including phenoxy) is 2. The number of fused-ring (bicyclic) bond motifs is 1. The van der Waals surface area contributed by atoms with Crippen molar-refractivity contribution in [2.75, 3.05) is 33.4 Å². The van der Waals surface area contributed by atoms with Crippen LogP contribution in [-0.2, 0) is 15.9 Å². The molecule has 4 rings (SSSR count). The van der Waals surface area contributed by atoms with E-state index in [0.29, 0.717) is 37.2 Å². The molecule has 7 heteroatoms. The topological polar surface area (TPSA) is 76.2 Å². The lowest BCUT2D eigenvalue weighted by Gasteiger charge is -2.44. The Hall–Kier alpha value is -3.35. The van der Waals surface area contributed by atoms with Gasteiger partial charge in [0.25, 0.3) is 5.91 Å². The van der Waals surface area contributed by atoms with E-state index in [4.69, 9.17) is 9.47 Å². The summed E-state index contributed by atoms with van der Waals surface area (Å²) in [6.07, 6.45) is 0.292. The average molecular weight is 394 g/mol. The van der Waals surface area contributed by atoms with E-state index in [-0.39, 0.29) is 18.6 Å². The van der Waals surface area contributed by atoms with Crippen LogP contribution in [0.15, 0.2) is 54.6 Å². The molecule has 29 heavy (non-hydrogen) atoms. The number of esters is 1. The van der Waals surface area contributed by atoms with Crippen molar-refractivity contribution in [3.63, 3.8) is 0 Å². The molecule has 2 saturated heterocycles. The fourth-order valence-corrected chi connectivity index (χ4v) is 4.06. The predicted molar refractivity (Wildman–Crippen MR) is 105 cm³/mol. The molecule has 1 unspecified atom stereocenters. The number of carbonyl (C=O) groups is 3. The summed E-state index contributed by atoms with van der Waals surface area (Å²) >= 11 is 0. The first-order valence-corrected chi connectivity index (χ1v) is 9.48.